The summed E-state index contributed by atoms with van der Waals surface area (Å²) >= 11 is 0. The van der Waals surface area contributed by atoms with Crippen LogP contribution in [0, 0.1) is 5.82 Å². The third-order valence-electron chi connectivity index (χ3n) is 4.81. The first-order chi connectivity index (χ1) is 11.6. The van der Waals surface area contributed by atoms with E-state index in [0.717, 1.165) is 18.4 Å². The highest BCUT2D eigenvalue weighted by Crippen LogP contribution is 2.52. The van der Waals surface area contributed by atoms with Crippen molar-refractivity contribution in [3.63, 3.8) is 0 Å². The number of rotatable bonds is 3. The predicted octanol–water partition coefficient (Wildman–Crippen LogP) is 2.09. The summed E-state index contributed by atoms with van der Waals surface area (Å²) in [5, 5.41) is 13.1. The van der Waals surface area contributed by atoms with Gasteiger partial charge in [-0.1, -0.05) is 17.3 Å². The van der Waals surface area contributed by atoms with Crippen molar-refractivity contribution in [2.75, 3.05) is 31.1 Å². The molecule has 1 aromatic carbocycles. The molecule has 1 amide bonds. The second kappa shape index (κ2) is 5.47. The summed E-state index contributed by atoms with van der Waals surface area (Å²) < 4.78 is 18.5. The summed E-state index contributed by atoms with van der Waals surface area (Å²) in [4.78, 5) is 18.7. The first-order valence-corrected chi connectivity index (χ1v) is 7.91. The van der Waals surface area contributed by atoms with E-state index in [-0.39, 0.29) is 11.2 Å². The van der Waals surface area contributed by atoms with Gasteiger partial charge < -0.3 is 19.4 Å². The Morgan fingerprint density at radius 1 is 1.17 bits per heavy atom. The molecule has 126 valence electrons. The topological polar surface area (TPSA) is 82.7 Å². The molecule has 4 rings (SSSR count). The van der Waals surface area contributed by atoms with Crippen LogP contribution in [0.3, 0.4) is 0 Å². The predicted molar refractivity (Wildman–Crippen MR) is 82.5 cm³/mol. The molecule has 8 heteroatoms. The summed E-state index contributed by atoms with van der Waals surface area (Å²) in [6, 6.07) is 6.85. The van der Waals surface area contributed by atoms with Crippen LogP contribution in [0.15, 0.2) is 28.8 Å². The smallest absolute Gasteiger partial charge is 0.407 e. The maximum Gasteiger partial charge on any atom is 0.407 e. The molecule has 0 bridgehead atoms. The average molecular weight is 332 g/mol. The van der Waals surface area contributed by atoms with E-state index >= 15 is 0 Å². The van der Waals surface area contributed by atoms with E-state index in [1.807, 2.05) is 4.90 Å². The number of piperazine rings is 1. The van der Waals surface area contributed by atoms with Crippen LogP contribution >= 0.6 is 0 Å². The number of benzene rings is 1. The fourth-order valence-corrected chi connectivity index (χ4v) is 3.16. The van der Waals surface area contributed by atoms with E-state index in [9.17, 15) is 9.18 Å². The lowest BCUT2D eigenvalue weighted by molar-refractivity contribution is 0.141. The summed E-state index contributed by atoms with van der Waals surface area (Å²) in [5.74, 6) is 0.351. The van der Waals surface area contributed by atoms with Crippen molar-refractivity contribution in [3.8, 4) is 0 Å². The second-order valence-electron chi connectivity index (χ2n) is 6.25. The number of halogens is 1. The highest BCUT2D eigenvalue weighted by atomic mass is 19.1. The van der Waals surface area contributed by atoms with Crippen LogP contribution in [0.5, 0.6) is 0 Å². The van der Waals surface area contributed by atoms with Gasteiger partial charge in [0.1, 0.15) is 5.82 Å². The molecule has 1 saturated heterocycles. The average Bonchev–Trinajstić information content (AvgIpc) is 3.25. The highest BCUT2D eigenvalue weighted by molar-refractivity contribution is 5.65. The summed E-state index contributed by atoms with van der Waals surface area (Å²) in [6.07, 6.45) is 0.906. The van der Waals surface area contributed by atoms with Gasteiger partial charge in [0.15, 0.2) is 5.82 Å². The fraction of sp³-hybridized carbons (Fsp3) is 0.438. The minimum absolute atomic E-state index is 0.264. The Bertz CT molecular complexity index is 749. The maximum absolute atomic E-state index is 13.1. The molecule has 2 aliphatic rings. The van der Waals surface area contributed by atoms with Crippen LogP contribution in [-0.4, -0.2) is 52.4 Å². The van der Waals surface area contributed by atoms with E-state index < -0.39 is 6.09 Å². The monoisotopic (exact) mass is 332 g/mol. The van der Waals surface area contributed by atoms with Crippen LogP contribution in [0.25, 0.3) is 0 Å². The molecule has 24 heavy (non-hydrogen) atoms. The van der Waals surface area contributed by atoms with Crippen molar-refractivity contribution in [1.29, 1.82) is 0 Å². The first-order valence-electron chi connectivity index (χ1n) is 7.91. The first kappa shape index (κ1) is 14.9. The van der Waals surface area contributed by atoms with Gasteiger partial charge in [0.2, 0.25) is 0 Å². The standard InChI is InChI=1S/C16H17FN4O3/c17-12-3-1-11(2-4-12)16(5-6-16)13-18-14(24-19-13)20-7-9-21(10-8-20)15(22)23/h1-4H,5-10H2,(H,22,23). The number of hydrogen-bond acceptors (Lipinski definition) is 5. The van der Waals surface area contributed by atoms with Gasteiger partial charge in [-0.25, -0.2) is 9.18 Å². The number of aromatic nitrogens is 2. The van der Waals surface area contributed by atoms with Gasteiger partial charge in [-0.2, -0.15) is 4.98 Å². The molecule has 0 atom stereocenters. The summed E-state index contributed by atoms with van der Waals surface area (Å²) in [5.41, 5.74) is 0.713. The Morgan fingerprint density at radius 2 is 1.83 bits per heavy atom. The third kappa shape index (κ3) is 2.47. The van der Waals surface area contributed by atoms with Crippen LogP contribution in [0.1, 0.15) is 24.2 Å². The molecule has 2 aromatic rings. The van der Waals surface area contributed by atoms with Crippen LogP contribution in [-0.2, 0) is 5.41 Å². The van der Waals surface area contributed by atoms with Crippen molar-refractivity contribution in [2.24, 2.45) is 0 Å². The third-order valence-corrected chi connectivity index (χ3v) is 4.81. The molecule has 1 aliphatic heterocycles. The van der Waals surface area contributed by atoms with Gasteiger partial charge in [-0.3, -0.25) is 0 Å². The molecule has 1 saturated carbocycles. The molecule has 1 aromatic heterocycles. The summed E-state index contributed by atoms with van der Waals surface area (Å²) in [7, 11) is 0. The fourth-order valence-electron chi connectivity index (χ4n) is 3.16. The van der Waals surface area contributed by atoms with E-state index in [1.165, 1.54) is 17.0 Å². The molecule has 1 aliphatic carbocycles. The lowest BCUT2D eigenvalue weighted by Gasteiger charge is -2.31. The number of amides is 1. The minimum atomic E-state index is -0.908. The Kier molecular flexibility index (Phi) is 3.40. The van der Waals surface area contributed by atoms with Crippen molar-refractivity contribution < 1.29 is 18.8 Å². The Labute approximate surface area is 137 Å². The molecule has 2 heterocycles. The second-order valence-corrected chi connectivity index (χ2v) is 6.25. The largest absolute Gasteiger partial charge is 0.465 e. The molecular formula is C16H17FN4O3. The molecule has 0 unspecified atom stereocenters. The van der Waals surface area contributed by atoms with Crippen molar-refractivity contribution in [3.05, 3.63) is 41.5 Å². The van der Waals surface area contributed by atoms with Gasteiger partial charge in [-0.15, -0.1) is 0 Å². The highest BCUT2D eigenvalue weighted by Gasteiger charge is 2.50. The lowest BCUT2D eigenvalue weighted by atomic mass is 9.95. The molecule has 7 nitrogen and oxygen atoms in total. The SMILES string of the molecule is O=C(O)N1CCN(c2nc(C3(c4ccc(F)cc4)CC3)no2)CC1. The van der Waals surface area contributed by atoms with Crippen molar-refractivity contribution >= 4 is 12.1 Å². The Morgan fingerprint density at radius 3 is 2.42 bits per heavy atom. The number of nitrogens with zero attached hydrogens (tertiary/aromatic N) is 4. The lowest BCUT2D eigenvalue weighted by Crippen LogP contribution is -2.48. The zero-order valence-corrected chi connectivity index (χ0v) is 13.0. The molecule has 2 fully saturated rings. The molecule has 0 spiro atoms. The molecule has 0 radical (unpaired) electrons. The number of anilines is 1. The van der Waals surface area contributed by atoms with Crippen molar-refractivity contribution in [1.82, 2.24) is 15.0 Å². The normalized spacial score (nSPS) is 19.4. The Balaban J connectivity index is 1.51. The minimum Gasteiger partial charge on any atom is -0.465 e. The number of hydrogen-bond donors (Lipinski definition) is 1. The van der Waals surface area contributed by atoms with Gasteiger partial charge in [0, 0.05) is 26.2 Å². The van der Waals surface area contributed by atoms with E-state index in [2.05, 4.69) is 10.1 Å². The zero-order chi connectivity index (χ0) is 16.7. The summed E-state index contributed by atoms with van der Waals surface area (Å²) in [6.45, 7) is 1.88. The zero-order valence-electron chi connectivity index (χ0n) is 13.0. The van der Waals surface area contributed by atoms with E-state index in [0.29, 0.717) is 38.0 Å². The van der Waals surface area contributed by atoms with Gasteiger partial charge in [0.05, 0.1) is 5.41 Å². The number of carboxylic acid groups (broad SMARTS) is 1. The van der Waals surface area contributed by atoms with E-state index in [4.69, 9.17) is 9.63 Å². The van der Waals surface area contributed by atoms with Crippen LogP contribution < -0.4 is 4.90 Å². The van der Waals surface area contributed by atoms with Crippen molar-refractivity contribution in [2.45, 2.75) is 18.3 Å². The van der Waals surface area contributed by atoms with Gasteiger partial charge >= 0.3 is 12.1 Å². The van der Waals surface area contributed by atoms with Gasteiger partial charge in [0.25, 0.3) is 0 Å². The van der Waals surface area contributed by atoms with Gasteiger partial charge in [-0.05, 0) is 30.5 Å². The molecule has 1 N–H and O–H groups in total. The van der Waals surface area contributed by atoms with E-state index in [1.54, 1.807) is 12.1 Å². The molecular weight excluding hydrogens is 315 g/mol. The van der Waals surface area contributed by atoms with Crippen LogP contribution in [0.4, 0.5) is 15.2 Å². The maximum atomic E-state index is 13.1. The number of carbonyl (C=O) groups is 1. The Hall–Kier alpha value is -2.64. The van der Waals surface area contributed by atoms with Crippen LogP contribution in [0.2, 0.25) is 0 Å². The quantitative estimate of drug-likeness (QED) is 0.927.